The zero-order chi connectivity index (χ0) is 14.7. The molecule has 0 aliphatic carbocycles. The third-order valence-electron chi connectivity index (χ3n) is 4.17. The van der Waals surface area contributed by atoms with Crippen molar-refractivity contribution < 1.29 is 4.79 Å². The van der Waals surface area contributed by atoms with E-state index in [0.29, 0.717) is 12.5 Å². The van der Waals surface area contributed by atoms with Crippen LogP contribution in [-0.2, 0) is 17.8 Å². The molecule has 0 bridgehead atoms. The second kappa shape index (κ2) is 6.11. The molecule has 112 valence electrons. The molecule has 0 spiro atoms. The molecule has 3 heterocycles. The number of aryl methyl sites for hydroxylation is 1. The molecule has 1 fully saturated rings. The van der Waals surface area contributed by atoms with E-state index >= 15 is 0 Å². The maximum atomic E-state index is 12.4. The van der Waals surface area contributed by atoms with Gasteiger partial charge in [0.1, 0.15) is 12.4 Å². The van der Waals surface area contributed by atoms with Crippen molar-refractivity contribution >= 4 is 5.91 Å². The number of amides is 1. The molecule has 2 aromatic heterocycles. The van der Waals surface area contributed by atoms with Gasteiger partial charge < -0.3 is 9.47 Å². The van der Waals surface area contributed by atoms with Crippen LogP contribution in [-0.4, -0.2) is 43.6 Å². The first-order valence-corrected chi connectivity index (χ1v) is 7.46. The minimum Gasteiger partial charge on any atom is -0.341 e. The van der Waals surface area contributed by atoms with Gasteiger partial charge in [-0.1, -0.05) is 0 Å². The summed E-state index contributed by atoms with van der Waals surface area (Å²) in [5.74, 6) is 1.59. The number of nitrogens with zero attached hydrogens (tertiary/aromatic N) is 4. The third-order valence-corrected chi connectivity index (χ3v) is 4.17. The van der Waals surface area contributed by atoms with Crippen LogP contribution >= 0.6 is 0 Å². The minimum absolute atomic E-state index is 0.186. The molecule has 1 N–H and O–H groups in total. The maximum Gasteiger partial charge on any atom is 0.242 e. The second-order valence-electron chi connectivity index (χ2n) is 5.74. The third kappa shape index (κ3) is 3.32. The number of aromatic nitrogens is 4. The Morgan fingerprint density at radius 2 is 2.38 bits per heavy atom. The quantitative estimate of drug-likeness (QED) is 0.924. The van der Waals surface area contributed by atoms with Crippen LogP contribution < -0.4 is 0 Å². The summed E-state index contributed by atoms with van der Waals surface area (Å²) in [4.78, 5) is 18.6. The van der Waals surface area contributed by atoms with E-state index in [1.54, 1.807) is 12.4 Å². The molecule has 6 heteroatoms. The van der Waals surface area contributed by atoms with E-state index in [1.165, 1.54) is 6.42 Å². The fourth-order valence-electron chi connectivity index (χ4n) is 2.98. The second-order valence-corrected chi connectivity index (χ2v) is 5.74. The van der Waals surface area contributed by atoms with Gasteiger partial charge in [-0.25, -0.2) is 4.98 Å². The zero-order valence-corrected chi connectivity index (χ0v) is 12.3. The Labute approximate surface area is 124 Å². The Bertz CT molecular complexity index is 589. The predicted molar refractivity (Wildman–Crippen MR) is 78.6 cm³/mol. The first kappa shape index (κ1) is 13.9. The van der Waals surface area contributed by atoms with Gasteiger partial charge in [0, 0.05) is 37.4 Å². The van der Waals surface area contributed by atoms with Crippen molar-refractivity contribution in [1.82, 2.24) is 24.6 Å². The smallest absolute Gasteiger partial charge is 0.242 e. The SMILES string of the molecule is Cc1nccn1CC(=O)N1CCC[C@@H](Cc2ccn[nH]2)C1. The van der Waals surface area contributed by atoms with E-state index in [-0.39, 0.29) is 5.91 Å². The number of hydrogen-bond acceptors (Lipinski definition) is 3. The molecule has 2 aromatic rings. The van der Waals surface area contributed by atoms with Crippen molar-refractivity contribution in [1.29, 1.82) is 0 Å². The lowest BCUT2D eigenvalue weighted by Crippen LogP contribution is -2.42. The van der Waals surface area contributed by atoms with Crippen LogP contribution in [0.15, 0.2) is 24.7 Å². The first-order valence-electron chi connectivity index (χ1n) is 7.46. The first-order chi connectivity index (χ1) is 10.2. The Morgan fingerprint density at radius 3 is 3.10 bits per heavy atom. The summed E-state index contributed by atoms with van der Waals surface area (Å²) in [6.07, 6.45) is 8.59. The average Bonchev–Trinajstić information content (AvgIpc) is 3.12. The van der Waals surface area contributed by atoms with Gasteiger partial charge in [0.25, 0.3) is 0 Å². The van der Waals surface area contributed by atoms with Gasteiger partial charge in [-0.15, -0.1) is 0 Å². The van der Waals surface area contributed by atoms with Crippen LogP contribution in [0.3, 0.4) is 0 Å². The van der Waals surface area contributed by atoms with Crippen molar-refractivity contribution in [3.8, 4) is 0 Å². The molecule has 1 aliphatic rings. The monoisotopic (exact) mass is 287 g/mol. The molecule has 3 rings (SSSR count). The Kier molecular flexibility index (Phi) is 4.03. The van der Waals surface area contributed by atoms with Gasteiger partial charge in [-0.3, -0.25) is 9.89 Å². The largest absolute Gasteiger partial charge is 0.341 e. The fraction of sp³-hybridized carbons (Fsp3) is 0.533. The number of piperidine rings is 1. The molecule has 0 saturated carbocycles. The van der Waals surface area contributed by atoms with E-state index in [0.717, 1.165) is 37.4 Å². The summed E-state index contributed by atoms with van der Waals surface area (Å²) < 4.78 is 1.90. The lowest BCUT2D eigenvalue weighted by Gasteiger charge is -2.32. The Balaban J connectivity index is 1.57. The van der Waals surface area contributed by atoms with Crippen LogP contribution in [0.1, 0.15) is 24.4 Å². The topological polar surface area (TPSA) is 66.8 Å². The van der Waals surface area contributed by atoms with Crippen LogP contribution in [0.2, 0.25) is 0 Å². The normalized spacial score (nSPS) is 18.9. The number of nitrogens with one attached hydrogen (secondary N) is 1. The molecular formula is C15H21N5O. The number of imidazole rings is 1. The average molecular weight is 287 g/mol. The summed E-state index contributed by atoms with van der Waals surface area (Å²) in [5, 5.41) is 6.99. The van der Waals surface area contributed by atoms with Gasteiger partial charge in [0.15, 0.2) is 0 Å². The number of carbonyl (C=O) groups excluding carboxylic acids is 1. The summed E-state index contributed by atoms with van der Waals surface area (Å²) in [6, 6.07) is 2.01. The van der Waals surface area contributed by atoms with Crippen molar-refractivity contribution in [3.63, 3.8) is 0 Å². The molecular weight excluding hydrogens is 266 g/mol. The lowest BCUT2D eigenvalue weighted by atomic mass is 9.93. The van der Waals surface area contributed by atoms with E-state index in [4.69, 9.17) is 0 Å². The highest BCUT2D eigenvalue weighted by Gasteiger charge is 2.24. The fourth-order valence-corrected chi connectivity index (χ4v) is 2.98. The van der Waals surface area contributed by atoms with Crippen molar-refractivity contribution in [2.75, 3.05) is 13.1 Å². The summed E-state index contributed by atoms with van der Waals surface area (Å²) >= 11 is 0. The van der Waals surface area contributed by atoms with E-state index < -0.39 is 0 Å². The Morgan fingerprint density at radius 1 is 1.48 bits per heavy atom. The molecule has 6 nitrogen and oxygen atoms in total. The zero-order valence-electron chi connectivity index (χ0n) is 12.3. The summed E-state index contributed by atoms with van der Waals surface area (Å²) in [7, 11) is 0. The van der Waals surface area contributed by atoms with Crippen molar-refractivity contribution in [2.45, 2.75) is 32.7 Å². The van der Waals surface area contributed by atoms with E-state index in [1.807, 2.05) is 28.7 Å². The molecule has 21 heavy (non-hydrogen) atoms. The Hall–Kier alpha value is -2.11. The van der Waals surface area contributed by atoms with Crippen LogP contribution in [0, 0.1) is 12.8 Å². The van der Waals surface area contributed by atoms with Crippen LogP contribution in [0.25, 0.3) is 0 Å². The van der Waals surface area contributed by atoms with Gasteiger partial charge >= 0.3 is 0 Å². The number of likely N-dealkylation sites (tertiary alicyclic amines) is 1. The molecule has 0 radical (unpaired) electrons. The highest BCUT2D eigenvalue weighted by atomic mass is 16.2. The highest BCUT2D eigenvalue weighted by molar-refractivity contribution is 5.76. The number of H-pyrrole nitrogens is 1. The maximum absolute atomic E-state index is 12.4. The van der Waals surface area contributed by atoms with Crippen LogP contribution in [0.4, 0.5) is 0 Å². The summed E-state index contributed by atoms with van der Waals surface area (Å²) in [6.45, 7) is 4.02. The highest BCUT2D eigenvalue weighted by Crippen LogP contribution is 2.20. The van der Waals surface area contributed by atoms with E-state index in [2.05, 4.69) is 15.2 Å². The van der Waals surface area contributed by atoms with Gasteiger partial charge in [0.2, 0.25) is 5.91 Å². The molecule has 1 atom stereocenters. The molecule has 0 unspecified atom stereocenters. The summed E-state index contributed by atoms with van der Waals surface area (Å²) in [5.41, 5.74) is 1.15. The van der Waals surface area contributed by atoms with Crippen molar-refractivity contribution in [2.24, 2.45) is 5.92 Å². The minimum atomic E-state index is 0.186. The van der Waals surface area contributed by atoms with Gasteiger partial charge in [-0.05, 0) is 38.2 Å². The predicted octanol–water partition coefficient (Wildman–Crippen LogP) is 1.40. The van der Waals surface area contributed by atoms with Crippen molar-refractivity contribution in [3.05, 3.63) is 36.2 Å². The molecule has 1 amide bonds. The number of carbonyl (C=O) groups is 1. The van der Waals surface area contributed by atoms with Crippen LogP contribution in [0.5, 0.6) is 0 Å². The number of rotatable bonds is 4. The lowest BCUT2D eigenvalue weighted by molar-refractivity contribution is -0.133. The molecule has 0 aromatic carbocycles. The molecule has 1 saturated heterocycles. The number of aromatic amines is 1. The van der Waals surface area contributed by atoms with Gasteiger partial charge in [-0.2, -0.15) is 5.10 Å². The van der Waals surface area contributed by atoms with E-state index in [9.17, 15) is 4.79 Å². The van der Waals surface area contributed by atoms with Gasteiger partial charge in [0.05, 0.1) is 0 Å². The molecule has 1 aliphatic heterocycles. The number of hydrogen-bond donors (Lipinski definition) is 1. The standard InChI is InChI=1S/C15H21N5O/c1-12-16-6-8-19(12)11-15(21)20-7-2-3-13(10-20)9-14-4-5-17-18-14/h4-6,8,13H,2-3,7,9-11H2,1H3,(H,17,18)/t13-/m0/s1.